The summed E-state index contributed by atoms with van der Waals surface area (Å²) in [5, 5.41) is 0. The Bertz CT molecular complexity index is 973. The van der Waals surface area contributed by atoms with E-state index in [1.807, 2.05) is 51.9 Å². The molecule has 6 rings (SSSR count). The van der Waals surface area contributed by atoms with Gasteiger partial charge in [-0.05, 0) is 93.9 Å². The molecule has 2 aromatic rings. The number of furan rings is 1. The molecule has 184 valence electrons. The molecular weight excluding hydrogens is 426 g/mol. The van der Waals surface area contributed by atoms with Crippen molar-refractivity contribution in [3.8, 4) is 0 Å². The minimum Gasteiger partial charge on any atom is -0.467 e. The molecule has 4 bridgehead atoms. The Morgan fingerprint density at radius 2 is 1.76 bits per heavy atom. The second-order valence-electron chi connectivity index (χ2n) is 11.3. The van der Waals surface area contributed by atoms with E-state index >= 15 is 0 Å². The van der Waals surface area contributed by atoms with Crippen molar-refractivity contribution in [2.24, 2.45) is 30.2 Å². The summed E-state index contributed by atoms with van der Waals surface area (Å²) in [5.41, 5.74) is 0.824. The SMILES string of the molecule is CCC(C)N(CC(=O)N(Cc1ccco1)Cc1cccn1C)C(=O)C12CC3CC(CC(C3)C1)C2. The minimum atomic E-state index is -0.234. The molecule has 0 radical (unpaired) electrons. The molecule has 0 saturated heterocycles. The van der Waals surface area contributed by atoms with Gasteiger partial charge in [0.25, 0.3) is 0 Å². The monoisotopic (exact) mass is 465 g/mol. The summed E-state index contributed by atoms with van der Waals surface area (Å²) in [5.74, 6) is 3.10. The highest BCUT2D eigenvalue weighted by molar-refractivity contribution is 5.88. The van der Waals surface area contributed by atoms with E-state index in [9.17, 15) is 9.59 Å². The molecule has 0 aromatic carbocycles. The predicted octanol–water partition coefficient (Wildman–Crippen LogP) is 4.99. The third-order valence-corrected chi connectivity index (χ3v) is 8.86. The molecule has 1 atom stereocenters. The standard InChI is InChI=1S/C28H39N3O3/c1-4-20(2)31(27(33)28-14-21-11-22(15-28)13-23(12-21)16-28)19-26(32)30(18-25-8-6-10-34-25)17-24-7-5-9-29(24)3/h5-10,20-23H,4,11-19H2,1-3H3. The highest BCUT2D eigenvalue weighted by Crippen LogP contribution is 2.60. The molecule has 4 aliphatic carbocycles. The maximum Gasteiger partial charge on any atom is 0.242 e. The molecule has 6 nitrogen and oxygen atoms in total. The van der Waals surface area contributed by atoms with Crippen LogP contribution in [-0.4, -0.2) is 38.8 Å². The molecule has 0 spiro atoms. The van der Waals surface area contributed by atoms with E-state index in [1.54, 1.807) is 6.26 Å². The van der Waals surface area contributed by atoms with E-state index in [2.05, 4.69) is 13.8 Å². The maximum absolute atomic E-state index is 14.2. The number of hydrogen-bond donors (Lipinski definition) is 0. The van der Waals surface area contributed by atoms with Crippen LogP contribution in [-0.2, 0) is 29.7 Å². The number of hydrogen-bond acceptors (Lipinski definition) is 3. The minimum absolute atomic E-state index is 0.0176. The summed E-state index contributed by atoms with van der Waals surface area (Å²) in [7, 11) is 1.99. The van der Waals surface area contributed by atoms with Gasteiger partial charge in [-0.2, -0.15) is 0 Å². The van der Waals surface area contributed by atoms with Crippen LogP contribution in [0.25, 0.3) is 0 Å². The smallest absolute Gasteiger partial charge is 0.242 e. The Labute approximate surface area is 203 Å². The topological polar surface area (TPSA) is 58.7 Å². The Morgan fingerprint density at radius 3 is 2.29 bits per heavy atom. The first-order valence-corrected chi connectivity index (χ1v) is 13.1. The lowest BCUT2D eigenvalue weighted by Gasteiger charge is -2.57. The third-order valence-electron chi connectivity index (χ3n) is 8.86. The van der Waals surface area contributed by atoms with Gasteiger partial charge in [0, 0.05) is 25.0 Å². The van der Waals surface area contributed by atoms with Gasteiger partial charge in [0.15, 0.2) is 0 Å². The summed E-state index contributed by atoms with van der Waals surface area (Å²) in [6.07, 6.45) is 11.5. The Kier molecular flexibility index (Phi) is 6.34. The van der Waals surface area contributed by atoms with Gasteiger partial charge in [-0.25, -0.2) is 0 Å². The van der Waals surface area contributed by atoms with Crippen LogP contribution in [0.4, 0.5) is 0 Å². The first-order chi connectivity index (χ1) is 16.4. The molecule has 2 amide bonds. The quantitative estimate of drug-likeness (QED) is 0.524. The number of rotatable bonds is 9. The van der Waals surface area contributed by atoms with E-state index in [1.165, 1.54) is 19.3 Å². The molecule has 4 saturated carbocycles. The van der Waals surface area contributed by atoms with Gasteiger partial charge in [0.1, 0.15) is 12.3 Å². The van der Waals surface area contributed by atoms with E-state index in [4.69, 9.17) is 4.42 Å². The van der Waals surface area contributed by atoms with Gasteiger partial charge in [-0.15, -0.1) is 0 Å². The van der Waals surface area contributed by atoms with E-state index in [-0.39, 0.29) is 29.8 Å². The zero-order valence-electron chi connectivity index (χ0n) is 20.9. The number of carbonyl (C=O) groups excluding carboxylic acids is 2. The molecule has 4 aliphatic rings. The second-order valence-corrected chi connectivity index (χ2v) is 11.3. The normalized spacial score (nSPS) is 28.1. The Balaban J connectivity index is 1.37. The van der Waals surface area contributed by atoms with Gasteiger partial charge >= 0.3 is 0 Å². The van der Waals surface area contributed by atoms with Crippen LogP contribution in [0.2, 0.25) is 0 Å². The molecule has 2 heterocycles. The number of nitrogens with zero attached hydrogens (tertiary/aromatic N) is 3. The highest BCUT2D eigenvalue weighted by atomic mass is 16.3. The Morgan fingerprint density at radius 1 is 1.09 bits per heavy atom. The first-order valence-electron chi connectivity index (χ1n) is 13.1. The van der Waals surface area contributed by atoms with Crippen molar-refractivity contribution in [3.05, 3.63) is 48.2 Å². The molecule has 2 aromatic heterocycles. The molecule has 34 heavy (non-hydrogen) atoms. The van der Waals surface area contributed by atoms with Gasteiger partial charge in [-0.3, -0.25) is 9.59 Å². The summed E-state index contributed by atoms with van der Waals surface area (Å²) in [4.78, 5) is 31.7. The van der Waals surface area contributed by atoms with Gasteiger partial charge in [0.05, 0.1) is 24.8 Å². The lowest BCUT2D eigenvalue weighted by Crippen LogP contribution is -2.57. The zero-order chi connectivity index (χ0) is 23.9. The van der Waals surface area contributed by atoms with Crippen molar-refractivity contribution < 1.29 is 14.0 Å². The number of amides is 2. The fraction of sp³-hybridized carbons (Fsp3) is 0.643. The molecular formula is C28H39N3O3. The summed E-state index contributed by atoms with van der Waals surface area (Å²) < 4.78 is 7.61. The van der Waals surface area contributed by atoms with Crippen molar-refractivity contribution >= 4 is 11.8 Å². The predicted molar refractivity (Wildman–Crippen MR) is 130 cm³/mol. The number of aryl methyl sites for hydroxylation is 1. The van der Waals surface area contributed by atoms with Crippen LogP contribution in [0, 0.1) is 23.2 Å². The van der Waals surface area contributed by atoms with E-state index < -0.39 is 0 Å². The number of aromatic nitrogens is 1. The van der Waals surface area contributed by atoms with Crippen molar-refractivity contribution in [1.29, 1.82) is 0 Å². The van der Waals surface area contributed by atoms with Crippen LogP contribution in [0.1, 0.15) is 70.2 Å². The molecule has 0 N–H and O–H groups in total. The second kappa shape index (κ2) is 9.27. The van der Waals surface area contributed by atoms with Crippen molar-refractivity contribution in [1.82, 2.24) is 14.4 Å². The maximum atomic E-state index is 14.2. The summed E-state index contributed by atoms with van der Waals surface area (Å²) >= 11 is 0. The summed E-state index contributed by atoms with van der Waals surface area (Å²) in [6.45, 7) is 5.24. The van der Waals surface area contributed by atoms with Crippen LogP contribution in [0.3, 0.4) is 0 Å². The van der Waals surface area contributed by atoms with Crippen LogP contribution >= 0.6 is 0 Å². The average Bonchev–Trinajstić information content (AvgIpc) is 3.47. The van der Waals surface area contributed by atoms with Crippen LogP contribution in [0.15, 0.2) is 41.1 Å². The summed E-state index contributed by atoms with van der Waals surface area (Å²) in [6, 6.07) is 7.83. The largest absolute Gasteiger partial charge is 0.467 e. The van der Waals surface area contributed by atoms with Crippen LogP contribution < -0.4 is 0 Å². The van der Waals surface area contributed by atoms with Crippen molar-refractivity contribution in [2.75, 3.05) is 6.54 Å². The van der Waals surface area contributed by atoms with Crippen molar-refractivity contribution in [2.45, 2.75) is 77.9 Å². The molecule has 4 fully saturated rings. The van der Waals surface area contributed by atoms with E-state index in [0.717, 1.165) is 37.1 Å². The molecule has 6 heteroatoms. The molecule has 1 unspecified atom stereocenters. The lowest BCUT2D eigenvalue weighted by atomic mass is 9.49. The van der Waals surface area contributed by atoms with Gasteiger partial charge in [-0.1, -0.05) is 6.92 Å². The fourth-order valence-corrected chi connectivity index (χ4v) is 7.25. The first kappa shape index (κ1) is 23.3. The molecule has 0 aliphatic heterocycles. The zero-order valence-corrected chi connectivity index (χ0v) is 20.9. The average molecular weight is 466 g/mol. The van der Waals surface area contributed by atoms with E-state index in [0.29, 0.717) is 30.8 Å². The Hall–Kier alpha value is -2.50. The fourth-order valence-electron chi connectivity index (χ4n) is 7.25. The lowest BCUT2D eigenvalue weighted by molar-refractivity contribution is -0.162. The third kappa shape index (κ3) is 4.44. The highest BCUT2D eigenvalue weighted by Gasteiger charge is 2.56. The number of carbonyl (C=O) groups is 2. The van der Waals surface area contributed by atoms with Crippen LogP contribution in [0.5, 0.6) is 0 Å². The van der Waals surface area contributed by atoms with Gasteiger partial charge < -0.3 is 18.8 Å². The van der Waals surface area contributed by atoms with Gasteiger partial charge in [0.2, 0.25) is 11.8 Å². The van der Waals surface area contributed by atoms with Crippen molar-refractivity contribution in [3.63, 3.8) is 0 Å².